The number of aliphatic imine (C=N–C) groups is 1. The van der Waals surface area contributed by atoms with Gasteiger partial charge in [-0.3, -0.25) is 9.69 Å². The van der Waals surface area contributed by atoms with Crippen molar-refractivity contribution < 1.29 is 14.3 Å². The molecule has 0 spiro atoms. The Kier molecular flexibility index (Phi) is 4.23. The molecule has 4 rings (SSSR count). The SMILES string of the molecule is CN1C(=O)C(C)(C)C(C)(c2cc(NC3CC4CC3CC4O)ccc2F)N=C1N. The minimum atomic E-state index is -1.12. The molecule has 1 aromatic carbocycles. The van der Waals surface area contributed by atoms with Gasteiger partial charge in [-0.05, 0) is 70.1 Å². The molecule has 1 heterocycles. The van der Waals surface area contributed by atoms with Crippen molar-refractivity contribution in [2.75, 3.05) is 12.4 Å². The third kappa shape index (κ3) is 2.63. The molecule has 6 nitrogen and oxygen atoms in total. The fourth-order valence-corrected chi connectivity index (χ4v) is 5.20. The van der Waals surface area contributed by atoms with Crippen LogP contribution < -0.4 is 11.1 Å². The van der Waals surface area contributed by atoms with E-state index < -0.39 is 16.8 Å². The van der Waals surface area contributed by atoms with Crippen molar-refractivity contribution in [2.45, 2.75) is 57.7 Å². The first kappa shape index (κ1) is 19.2. The lowest BCUT2D eigenvalue weighted by Crippen LogP contribution is -2.58. The molecule has 1 aromatic rings. The Hall–Kier alpha value is -2.15. The summed E-state index contributed by atoms with van der Waals surface area (Å²) in [6.07, 6.45) is 2.60. The number of hydrogen-bond donors (Lipinski definition) is 3. The molecule has 0 radical (unpaired) electrons. The van der Waals surface area contributed by atoms with Crippen LogP contribution >= 0.6 is 0 Å². The first-order valence-electron chi connectivity index (χ1n) is 9.92. The summed E-state index contributed by atoms with van der Waals surface area (Å²) in [5.74, 6) is 0.293. The molecular weight excluding hydrogens is 359 g/mol. The molecule has 1 aliphatic heterocycles. The zero-order chi connectivity index (χ0) is 20.4. The Labute approximate surface area is 165 Å². The highest BCUT2D eigenvalue weighted by atomic mass is 19.1. The summed E-state index contributed by atoms with van der Waals surface area (Å²) in [4.78, 5) is 18.7. The lowest BCUT2D eigenvalue weighted by Gasteiger charge is -2.46. The molecule has 28 heavy (non-hydrogen) atoms. The van der Waals surface area contributed by atoms with E-state index in [-0.39, 0.29) is 24.0 Å². The van der Waals surface area contributed by atoms with Crippen LogP contribution in [-0.4, -0.2) is 41.1 Å². The standard InChI is InChI=1S/C21H29FN4O2/c1-20(2)18(28)26(4)19(23)25-21(20,3)14-10-13(5-6-15(14)22)24-16-8-12-7-11(16)9-17(12)27/h5-6,10-12,16-17,24,27H,7-9H2,1-4H3,(H2,23,25). The van der Waals surface area contributed by atoms with Crippen LogP contribution in [0.25, 0.3) is 0 Å². The van der Waals surface area contributed by atoms with E-state index in [0.29, 0.717) is 17.4 Å². The normalized spacial score (nSPS) is 36.6. The summed E-state index contributed by atoms with van der Waals surface area (Å²) in [7, 11) is 1.58. The fraction of sp³-hybridized carbons (Fsp3) is 0.619. The third-order valence-electron chi connectivity index (χ3n) is 7.40. The highest BCUT2D eigenvalue weighted by Gasteiger charge is 2.54. The number of nitrogens with two attached hydrogens (primary N) is 1. The lowest BCUT2D eigenvalue weighted by molar-refractivity contribution is -0.140. The number of carbonyl (C=O) groups excluding carboxylic acids is 1. The highest BCUT2D eigenvalue weighted by Crippen LogP contribution is 2.49. The molecule has 2 bridgehead atoms. The molecule has 5 unspecified atom stereocenters. The van der Waals surface area contributed by atoms with Gasteiger partial charge in [0.1, 0.15) is 11.4 Å². The number of carbonyl (C=O) groups is 1. The van der Waals surface area contributed by atoms with E-state index >= 15 is 0 Å². The number of rotatable bonds is 3. The van der Waals surface area contributed by atoms with Crippen molar-refractivity contribution in [1.82, 2.24) is 4.90 Å². The molecule has 0 aromatic heterocycles. The topological polar surface area (TPSA) is 91.0 Å². The number of nitrogens with zero attached hydrogens (tertiary/aromatic N) is 2. The summed E-state index contributed by atoms with van der Waals surface area (Å²) >= 11 is 0. The van der Waals surface area contributed by atoms with Crippen LogP contribution in [-0.2, 0) is 10.3 Å². The van der Waals surface area contributed by atoms with Crippen molar-refractivity contribution in [2.24, 2.45) is 28.0 Å². The Morgan fingerprint density at radius 3 is 2.57 bits per heavy atom. The van der Waals surface area contributed by atoms with Crippen LogP contribution in [0.4, 0.5) is 10.1 Å². The summed E-state index contributed by atoms with van der Waals surface area (Å²) in [5, 5.41) is 13.5. The molecule has 2 aliphatic carbocycles. The van der Waals surface area contributed by atoms with E-state index in [1.807, 2.05) is 0 Å². The van der Waals surface area contributed by atoms with Gasteiger partial charge in [-0.15, -0.1) is 0 Å². The number of aliphatic hydroxyl groups excluding tert-OH is 1. The van der Waals surface area contributed by atoms with Crippen molar-refractivity contribution >= 4 is 17.6 Å². The van der Waals surface area contributed by atoms with Crippen LogP contribution in [0.3, 0.4) is 0 Å². The predicted octanol–water partition coefficient (Wildman–Crippen LogP) is 2.43. The molecule has 7 heteroatoms. The second kappa shape index (κ2) is 6.17. The number of aliphatic hydroxyl groups is 1. The number of anilines is 1. The number of guanidine groups is 1. The maximum Gasteiger partial charge on any atom is 0.237 e. The number of nitrogens with one attached hydrogen (secondary N) is 1. The maximum atomic E-state index is 14.9. The average Bonchev–Trinajstić information content (AvgIpc) is 3.19. The van der Waals surface area contributed by atoms with Gasteiger partial charge in [-0.25, -0.2) is 9.38 Å². The Balaban J connectivity index is 1.68. The number of benzene rings is 1. The monoisotopic (exact) mass is 388 g/mol. The van der Waals surface area contributed by atoms with E-state index in [9.17, 15) is 14.3 Å². The molecule has 2 fully saturated rings. The summed E-state index contributed by atoms with van der Waals surface area (Å²) in [5.41, 5.74) is 5.06. The average molecular weight is 388 g/mol. The van der Waals surface area contributed by atoms with Crippen molar-refractivity contribution in [3.05, 3.63) is 29.6 Å². The lowest BCUT2D eigenvalue weighted by atomic mass is 9.67. The second-order valence-electron chi connectivity index (χ2n) is 9.27. The minimum Gasteiger partial charge on any atom is -0.393 e. The van der Waals surface area contributed by atoms with Gasteiger partial charge in [0.2, 0.25) is 5.91 Å². The van der Waals surface area contributed by atoms with Crippen LogP contribution in [0.15, 0.2) is 23.2 Å². The highest BCUT2D eigenvalue weighted by molar-refractivity contribution is 6.01. The van der Waals surface area contributed by atoms with E-state index in [1.165, 1.54) is 11.0 Å². The Morgan fingerprint density at radius 2 is 1.96 bits per heavy atom. The number of halogens is 1. The molecule has 4 N–H and O–H groups in total. The third-order valence-corrected chi connectivity index (χ3v) is 7.40. The van der Waals surface area contributed by atoms with E-state index in [1.54, 1.807) is 40.0 Å². The predicted molar refractivity (Wildman–Crippen MR) is 106 cm³/mol. The van der Waals surface area contributed by atoms with Crippen molar-refractivity contribution in [1.29, 1.82) is 0 Å². The van der Waals surface area contributed by atoms with Gasteiger partial charge in [0.25, 0.3) is 0 Å². The van der Waals surface area contributed by atoms with Gasteiger partial charge < -0.3 is 16.2 Å². The Bertz CT molecular complexity index is 853. The van der Waals surface area contributed by atoms with Gasteiger partial charge >= 0.3 is 0 Å². The first-order valence-corrected chi connectivity index (χ1v) is 9.92. The van der Waals surface area contributed by atoms with E-state index in [4.69, 9.17) is 5.73 Å². The maximum absolute atomic E-state index is 14.9. The molecule has 5 atom stereocenters. The van der Waals surface area contributed by atoms with E-state index in [0.717, 1.165) is 24.9 Å². The fourth-order valence-electron chi connectivity index (χ4n) is 5.20. The molecule has 152 valence electrons. The zero-order valence-electron chi connectivity index (χ0n) is 16.9. The largest absolute Gasteiger partial charge is 0.393 e. The second-order valence-corrected chi connectivity index (χ2v) is 9.27. The van der Waals surface area contributed by atoms with Gasteiger partial charge in [0.15, 0.2) is 5.96 Å². The molecule has 1 amide bonds. The van der Waals surface area contributed by atoms with Gasteiger partial charge in [-0.1, -0.05) is 0 Å². The van der Waals surface area contributed by atoms with Crippen molar-refractivity contribution in [3.8, 4) is 0 Å². The van der Waals surface area contributed by atoms with Crippen LogP contribution in [0.2, 0.25) is 0 Å². The quantitative estimate of drug-likeness (QED) is 0.742. The van der Waals surface area contributed by atoms with Crippen LogP contribution in [0.1, 0.15) is 45.6 Å². The minimum absolute atomic E-state index is 0.0895. The number of amides is 1. The molecule has 2 saturated carbocycles. The molecular formula is C21H29FN4O2. The summed E-state index contributed by atoms with van der Waals surface area (Å²) in [6.45, 7) is 5.32. The molecule has 0 saturated heterocycles. The van der Waals surface area contributed by atoms with Gasteiger partial charge in [0.05, 0.1) is 11.5 Å². The number of hydrogen-bond acceptors (Lipinski definition) is 5. The first-order chi connectivity index (χ1) is 13.0. The van der Waals surface area contributed by atoms with E-state index in [2.05, 4.69) is 10.3 Å². The zero-order valence-corrected chi connectivity index (χ0v) is 16.9. The van der Waals surface area contributed by atoms with Gasteiger partial charge in [-0.2, -0.15) is 0 Å². The Morgan fingerprint density at radius 1 is 1.25 bits per heavy atom. The summed E-state index contributed by atoms with van der Waals surface area (Å²) < 4.78 is 14.9. The molecule has 3 aliphatic rings. The summed E-state index contributed by atoms with van der Waals surface area (Å²) in [6, 6.07) is 5.19. The van der Waals surface area contributed by atoms with Gasteiger partial charge in [0, 0.05) is 24.3 Å². The van der Waals surface area contributed by atoms with Crippen LogP contribution in [0.5, 0.6) is 0 Å². The van der Waals surface area contributed by atoms with Crippen LogP contribution in [0, 0.1) is 23.1 Å². The smallest absolute Gasteiger partial charge is 0.237 e. The van der Waals surface area contributed by atoms with Crippen molar-refractivity contribution in [3.63, 3.8) is 0 Å². The number of fused-ring (bicyclic) bond motifs is 2.